The first kappa shape index (κ1) is 13.9. The fourth-order valence-corrected chi connectivity index (χ4v) is 1.81. The van der Waals surface area contributed by atoms with Gasteiger partial charge in [0, 0.05) is 0 Å². The standard InChI is InChI=1S/C12H13N5O2S/c13-11(20)16-17-12-14-9(18)8(10(19)15-12)6-7-4-2-1-3-5-7/h1-5,8H,6H2,(H3,13,16,20)(H2,14,15,17,18,19). The van der Waals surface area contributed by atoms with Crippen molar-refractivity contribution in [1.29, 1.82) is 0 Å². The summed E-state index contributed by atoms with van der Waals surface area (Å²) in [6.07, 6.45) is 0.328. The number of nitrogens with zero attached hydrogens (tertiary/aromatic N) is 1. The summed E-state index contributed by atoms with van der Waals surface area (Å²) in [5.41, 5.74) is 8.39. The highest BCUT2D eigenvalue weighted by molar-refractivity contribution is 7.80. The number of carbonyl (C=O) groups is 2. The molecule has 1 aromatic rings. The molecule has 1 saturated heterocycles. The van der Waals surface area contributed by atoms with Gasteiger partial charge in [0.1, 0.15) is 5.92 Å². The smallest absolute Gasteiger partial charge is 0.239 e. The second-order valence-electron chi connectivity index (χ2n) is 4.16. The molecule has 1 aromatic carbocycles. The number of thiocarbonyl (C=S) groups is 1. The molecule has 1 fully saturated rings. The second kappa shape index (κ2) is 6.11. The van der Waals surface area contributed by atoms with Crippen molar-refractivity contribution in [2.24, 2.45) is 16.8 Å². The molecule has 0 aromatic heterocycles. The first-order valence-corrected chi connectivity index (χ1v) is 6.26. The number of carbonyl (C=O) groups excluding carboxylic acids is 2. The Morgan fingerprint density at radius 3 is 2.40 bits per heavy atom. The van der Waals surface area contributed by atoms with Gasteiger partial charge in [-0.2, -0.15) is 0 Å². The van der Waals surface area contributed by atoms with Gasteiger partial charge in [-0.1, -0.05) is 30.3 Å². The summed E-state index contributed by atoms with van der Waals surface area (Å²) >= 11 is 4.57. The maximum absolute atomic E-state index is 11.9. The number of hydrazone groups is 1. The van der Waals surface area contributed by atoms with Crippen LogP contribution in [0.15, 0.2) is 35.4 Å². The third-order valence-electron chi connectivity index (χ3n) is 2.68. The van der Waals surface area contributed by atoms with E-state index in [0.717, 1.165) is 5.56 Å². The van der Waals surface area contributed by atoms with Crippen LogP contribution in [0.25, 0.3) is 0 Å². The van der Waals surface area contributed by atoms with E-state index in [-0.39, 0.29) is 11.1 Å². The van der Waals surface area contributed by atoms with E-state index < -0.39 is 17.7 Å². The number of nitrogens with one attached hydrogen (secondary N) is 3. The largest absolute Gasteiger partial charge is 0.375 e. The number of rotatable bonds is 3. The highest BCUT2D eigenvalue weighted by Gasteiger charge is 2.33. The molecule has 104 valence electrons. The number of guanidine groups is 1. The van der Waals surface area contributed by atoms with Gasteiger partial charge in [-0.25, -0.2) is 0 Å². The van der Waals surface area contributed by atoms with Gasteiger partial charge >= 0.3 is 0 Å². The molecule has 1 heterocycles. The SMILES string of the molecule is NC(=S)NN=C1NC(=O)C(Cc2ccccc2)C(=O)N1. The third kappa shape index (κ3) is 3.51. The summed E-state index contributed by atoms with van der Waals surface area (Å²) in [4.78, 5) is 23.8. The average Bonchev–Trinajstić information content (AvgIpc) is 2.42. The van der Waals surface area contributed by atoms with Gasteiger partial charge in [0.15, 0.2) is 5.11 Å². The highest BCUT2D eigenvalue weighted by atomic mass is 32.1. The molecule has 0 bridgehead atoms. The Morgan fingerprint density at radius 2 is 1.85 bits per heavy atom. The van der Waals surface area contributed by atoms with Crippen LogP contribution >= 0.6 is 12.2 Å². The second-order valence-corrected chi connectivity index (χ2v) is 4.60. The maximum Gasteiger partial charge on any atom is 0.239 e. The predicted octanol–water partition coefficient (Wildman–Crippen LogP) is -0.804. The van der Waals surface area contributed by atoms with Crippen molar-refractivity contribution in [3.63, 3.8) is 0 Å². The van der Waals surface area contributed by atoms with Crippen LogP contribution in [-0.2, 0) is 16.0 Å². The molecule has 8 heteroatoms. The van der Waals surface area contributed by atoms with Crippen molar-refractivity contribution in [3.8, 4) is 0 Å². The monoisotopic (exact) mass is 291 g/mol. The Hall–Kier alpha value is -2.48. The van der Waals surface area contributed by atoms with Crippen LogP contribution < -0.4 is 21.8 Å². The van der Waals surface area contributed by atoms with Crippen molar-refractivity contribution in [2.75, 3.05) is 0 Å². The van der Waals surface area contributed by atoms with Gasteiger partial charge in [-0.05, 0) is 24.2 Å². The molecule has 0 atom stereocenters. The maximum atomic E-state index is 11.9. The summed E-state index contributed by atoms with van der Waals surface area (Å²) in [5, 5.41) is 8.55. The quantitative estimate of drug-likeness (QED) is 0.331. The number of amides is 2. The Balaban J connectivity index is 2.04. The molecule has 7 nitrogen and oxygen atoms in total. The third-order valence-corrected chi connectivity index (χ3v) is 2.77. The van der Waals surface area contributed by atoms with E-state index in [1.54, 1.807) is 0 Å². The summed E-state index contributed by atoms with van der Waals surface area (Å²) in [7, 11) is 0. The lowest BCUT2D eigenvalue weighted by Gasteiger charge is -2.23. The summed E-state index contributed by atoms with van der Waals surface area (Å²) in [6.45, 7) is 0. The van der Waals surface area contributed by atoms with Crippen molar-refractivity contribution in [2.45, 2.75) is 6.42 Å². The van der Waals surface area contributed by atoms with Crippen molar-refractivity contribution in [3.05, 3.63) is 35.9 Å². The molecule has 0 spiro atoms. The van der Waals surface area contributed by atoms with Gasteiger partial charge in [0.05, 0.1) is 0 Å². The lowest BCUT2D eigenvalue weighted by Crippen LogP contribution is -2.57. The lowest BCUT2D eigenvalue weighted by atomic mass is 9.96. The number of benzene rings is 1. The number of hydrogen-bond acceptors (Lipinski definition) is 4. The highest BCUT2D eigenvalue weighted by Crippen LogP contribution is 2.11. The molecule has 2 rings (SSSR count). The molecule has 0 saturated carbocycles. The Morgan fingerprint density at radius 1 is 1.25 bits per heavy atom. The minimum atomic E-state index is -0.791. The molecule has 0 radical (unpaired) electrons. The fourth-order valence-electron chi connectivity index (χ4n) is 1.76. The summed E-state index contributed by atoms with van der Waals surface area (Å²) in [6, 6.07) is 9.30. The molecular weight excluding hydrogens is 278 g/mol. The van der Waals surface area contributed by atoms with E-state index in [1.165, 1.54) is 0 Å². The molecule has 0 unspecified atom stereocenters. The molecule has 5 N–H and O–H groups in total. The van der Waals surface area contributed by atoms with Crippen LogP contribution in [0.3, 0.4) is 0 Å². The number of hydrogen-bond donors (Lipinski definition) is 4. The van der Waals surface area contributed by atoms with E-state index in [9.17, 15) is 9.59 Å². The minimum absolute atomic E-state index is 0.0166. The zero-order chi connectivity index (χ0) is 14.5. The van der Waals surface area contributed by atoms with Gasteiger partial charge < -0.3 is 5.73 Å². The Bertz CT molecular complexity index is 552. The predicted molar refractivity (Wildman–Crippen MR) is 77.3 cm³/mol. The van der Waals surface area contributed by atoms with Gasteiger partial charge in [-0.15, -0.1) is 5.10 Å². The van der Waals surface area contributed by atoms with Crippen LogP contribution in [-0.4, -0.2) is 22.9 Å². The molecule has 0 aliphatic carbocycles. The summed E-state index contributed by atoms with van der Waals surface area (Å²) in [5.74, 6) is -1.64. The zero-order valence-corrected chi connectivity index (χ0v) is 11.2. The lowest BCUT2D eigenvalue weighted by molar-refractivity contribution is -0.135. The normalized spacial score (nSPS) is 18.0. The van der Waals surface area contributed by atoms with Crippen molar-refractivity contribution in [1.82, 2.24) is 16.1 Å². The van der Waals surface area contributed by atoms with Crippen LogP contribution in [0.2, 0.25) is 0 Å². The average molecular weight is 291 g/mol. The molecule has 20 heavy (non-hydrogen) atoms. The van der Waals surface area contributed by atoms with E-state index >= 15 is 0 Å². The van der Waals surface area contributed by atoms with Crippen LogP contribution in [0.1, 0.15) is 5.56 Å². The van der Waals surface area contributed by atoms with Crippen LogP contribution in [0.5, 0.6) is 0 Å². The topological polar surface area (TPSA) is 109 Å². The number of nitrogens with two attached hydrogens (primary N) is 1. The Labute approximate surface area is 120 Å². The molecule has 1 aliphatic heterocycles. The first-order chi connectivity index (χ1) is 9.56. The van der Waals surface area contributed by atoms with Gasteiger partial charge in [0.2, 0.25) is 17.8 Å². The first-order valence-electron chi connectivity index (χ1n) is 5.85. The fraction of sp³-hybridized carbons (Fsp3) is 0.167. The van der Waals surface area contributed by atoms with Gasteiger partial charge in [0.25, 0.3) is 0 Å². The van der Waals surface area contributed by atoms with Crippen molar-refractivity contribution >= 4 is 35.1 Å². The van der Waals surface area contributed by atoms with E-state index in [2.05, 4.69) is 33.4 Å². The van der Waals surface area contributed by atoms with E-state index in [4.69, 9.17) is 5.73 Å². The van der Waals surface area contributed by atoms with Crippen LogP contribution in [0.4, 0.5) is 0 Å². The molecular formula is C12H13N5O2S. The van der Waals surface area contributed by atoms with E-state index in [0.29, 0.717) is 6.42 Å². The minimum Gasteiger partial charge on any atom is -0.375 e. The Kier molecular flexibility index (Phi) is 4.26. The van der Waals surface area contributed by atoms with Crippen LogP contribution in [0, 0.1) is 5.92 Å². The molecule has 1 aliphatic rings. The van der Waals surface area contributed by atoms with Crippen molar-refractivity contribution < 1.29 is 9.59 Å². The van der Waals surface area contributed by atoms with E-state index in [1.807, 2.05) is 30.3 Å². The van der Waals surface area contributed by atoms with Gasteiger partial charge in [-0.3, -0.25) is 25.6 Å². The molecule has 2 amide bonds. The summed E-state index contributed by atoms with van der Waals surface area (Å²) < 4.78 is 0. The zero-order valence-electron chi connectivity index (χ0n) is 10.4.